The first-order valence-electron chi connectivity index (χ1n) is 13.0. The third kappa shape index (κ3) is 4.54. The fraction of sp³-hybridized carbons (Fsp3) is 0.367. The SMILES string of the molecule is Cc1cnc(-c2ccnc(C(C)(C)O)n2)cc1-n1c(C)cc([C@H]2C[C@@H]2c2cccc(C3CC3)n2)c(Cl)c1=O. The topological polar surface area (TPSA) is 93.8 Å². The molecule has 2 atom stereocenters. The molecule has 6 rings (SSSR count). The van der Waals surface area contributed by atoms with Crippen LogP contribution in [0.1, 0.15) is 84.9 Å². The van der Waals surface area contributed by atoms with Crippen molar-refractivity contribution in [3.05, 3.63) is 98.2 Å². The molecule has 7 nitrogen and oxygen atoms in total. The van der Waals surface area contributed by atoms with Crippen LogP contribution in [0.15, 0.2) is 53.6 Å². The number of aromatic nitrogens is 5. The second-order valence-corrected chi connectivity index (χ2v) is 11.5. The Balaban J connectivity index is 1.35. The lowest BCUT2D eigenvalue weighted by atomic mass is 10.1. The van der Waals surface area contributed by atoms with E-state index >= 15 is 0 Å². The van der Waals surface area contributed by atoms with Gasteiger partial charge in [-0.15, -0.1) is 0 Å². The summed E-state index contributed by atoms with van der Waals surface area (Å²) in [7, 11) is 0. The Morgan fingerprint density at radius 2 is 1.76 bits per heavy atom. The van der Waals surface area contributed by atoms with Crippen LogP contribution in [0.2, 0.25) is 5.02 Å². The fourth-order valence-electron chi connectivity index (χ4n) is 5.14. The van der Waals surface area contributed by atoms with Gasteiger partial charge < -0.3 is 5.11 Å². The Morgan fingerprint density at radius 3 is 2.50 bits per heavy atom. The minimum absolute atomic E-state index is 0.195. The summed E-state index contributed by atoms with van der Waals surface area (Å²) in [6.07, 6.45) is 6.71. The maximum absolute atomic E-state index is 13.7. The molecule has 0 saturated heterocycles. The van der Waals surface area contributed by atoms with Crippen LogP contribution in [-0.4, -0.2) is 29.6 Å². The molecule has 0 bridgehead atoms. The molecule has 1 N–H and O–H groups in total. The molecule has 0 aromatic carbocycles. The van der Waals surface area contributed by atoms with Crippen molar-refractivity contribution in [1.82, 2.24) is 24.5 Å². The summed E-state index contributed by atoms with van der Waals surface area (Å²) in [6.45, 7) is 7.12. The van der Waals surface area contributed by atoms with Crippen molar-refractivity contribution in [3.63, 3.8) is 0 Å². The lowest BCUT2D eigenvalue weighted by Gasteiger charge is -2.17. The van der Waals surface area contributed by atoms with E-state index in [1.807, 2.05) is 26.0 Å². The van der Waals surface area contributed by atoms with Crippen molar-refractivity contribution >= 4 is 11.6 Å². The number of hydrogen-bond acceptors (Lipinski definition) is 6. The highest BCUT2D eigenvalue weighted by atomic mass is 35.5. The van der Waals surface area contributed by atoms with E-state index in [1.54, 1.807) is 36.9 Å². The highest BCUT2D eigenvalue weighted by Crippen LogP contribution is 2.55. The van der Waals surface area contributed by atoms with Gasteiger partial charge in [0.05, 0.1) is 17.1 Å². The normalized spacial score (nSPS) is 19.0. The maximum Gasteiger partial charge on any atom is 0.274 e. The number of nitrogens with zero attached hydrogens (tertiary/aromatic N) is 5. The summed E-state index contributed by atoms with van der Waals surface area (Å²) < 4.78 is 1.65. The van der Waals surface area contributed by atoms with Gasteiger partial charge in [-0.3, -0.25) is 19.3 Å². The van der Waals surface area contributed by atoms with Gasteiger partial charge in [-0.05, 0) is 94.3 Å². The number of pyridine rings is 3. The molecule has 0 radical (unpaired) electrons. The quantitative estimate of drug-likeness (QED) is 0.344. The second kappa shape index (κ2) is 9.10. The molecule has 0 unspecified atom stereocenters. The number of hydrogen-bond donors (Lipinski definition) is 1. The van der Waals surface area contributed by atoms with Gasteiger partial charge >= 0.3 is 0 Å². The Kier molecular flexibility index (Phi) is 5.96. The van der Waals surface area contributed by atoms with Crippen LogP contribution in [0.3, 0.4) is 0 Å². The summed E-state index contributed by atoms with van der Waals surface area (Å²) in [5, 5.41) is 10.6. The molecule has 4 aromatic rings. The second-order valence-electron chi connectivity index (χ2n) is 11.1. The molecule has 4 heterocycles. The van der Waals surface area contributed by atoms with Crippen molar-refractivity contribution < 1.29 is 5.11 Å². The minimum atomic E-state index is -1.18. The summed E-state index contributed by atoms with van der Waals surface area (Å²) in [6, 6.07) is 11.9. The van der Waals surface area contributed by atoms with Crippen molar-refractivity contribution in [1.29, 1.82) is 0 Å². The molecule has 0 spiro atoms. The summed E-state index contributed by atoms with van der Waals surface area (Å²) in [4.78, 5) is 31.8. The zero-order valence-corrected chi connectivity index (χ0v) is 22.7. The van der Waals surface area contributed by atoms with Crippen LogP contribution < -0.4 is 5.56 Å². The van der Waals surface area contributed by atoms with Gasteiger partial charge in [0.1, 0.15) is 10.6 Å². The lowest BCUT2D eigenvalue weighted by Crippen LogP contribution is -2.23. The third-order valence-corrected chi connectivity index (χ3v) is 7.88. The third-order valence-electron chi connectivity index (χ3n) is 7.50. The molecule has 0 aliphatic heterocycles. The average molecular weight is 528 g/mol. The van der Waals surface area contributed by atoms with Gasteiger partial charge in [0.15, 0.2) is 5.82 Å². The first kappa shape index (κ1) is 24.9. The van der Waals surface area contributed by atoms with Crippen LogP contribution in [-0.2, 0) is 5.60 Å². The first-order valence-corrected chi connectivity index (χ1v) is 13.4. The van der Waals surface area contributed by atoms with E-state index in [9.17, 15) is 9.90 Å². The summed E-state index contributed by atoms with van der Waals surface area (Å²) in [5.74, 6) is 1.40. The Labute approximate surface area is 226 Å². The Bertz CT molecular complexity index is 1620. The van der Waals surface area contributed by atoms with Gasteiger partial charge in [0.2, 0.25) is 0 Å². The van der Waals surface area contributed by atoms with Crippen molar-refractivity contribution in [3.8, 4) is 17.1 Å². The van der Waals surface area contributed by atoms with Crippen LogP contribution in [0, 0.1) is 13.8 Å². The molecule has 2 aliphatic rings. The molecule has 2 aliphatic carbocycles. The standard InChI is InChI=1S/C30H30ClN5O2/c1-16-15-33-25(24-10-11-32-29(35-24)30(3,4)38)14-26(16)36-17(2)12-21(27(31)28(36)37)19-13-20(19)23-7-5-6-22(34-23)18-8-9-18/h5-7,10-12,14-15,18-20,38H,8-9,13H2,1-4H3/t19-,20-/m0/s1. The van der Waals surface area contributed by atoms with Crippen molar-refractivity contribution in [2.75, 3.05) is 0 Å². The van der Waals surface area contributed by atoms with Crippen LogP contribution >= 0.6 is 11.6 Å². The molecule has 194 valence electrons. The first-order chi connectivity index (χ1) is 18.1. The minimum Gasteiger partial charge on any atom is -0.382 e. The van der Waals surface area contributed by atoms with Crippen molar-refractivity contribution in [2.45, 2.75) is 70.3 Å². The van der Waals surface area contributed by atoms with E-state index in [-0.39, 0.29) is 22.4 Å². The Hall–Kier alpha value is -3.42. The molecular weight excluding hydrogens is 498 g/mol. The monoisotopic (exact) mass is 527 g/mol. The molecule has 4 aromatic heterocycles. The number of aryl methyl sites for hydroxylation is 2. The summed E-state index contributed by atoms with van der Waals surface area (Å²) >= 11 is 6.76. The van der Waals surface area contributed by atoms with Crippen molar-refractivity contribution in [2.24, 2.45) is 0 Å². The smallest absolute Gasteiger partial charge is 0.274 e. The van der Waals surface area contributed by atoms with Gasteiger partial charge in [-0.1, -0.05) is 17.7 Å². The Morgan fingerprint density at radius 1 is 1.00 bits per heavy atom. The highest BCUT2D eigenvalue weighted by molar-refractivity contribution is 6.31. The van der Waals surface area contributed by atoms with E-state index in [0.717, 1.165) is 28.9 Å². The molecule has 8 heteroatoms. The molecule has 38 heavy (non-hydrogen) atoms. The predicted octanol–water partition coefficient (Wildman–Crippen LogP) is 5.73. The van der Waals surface area contributed by atoms with E-state index in [2.05, 4.69) is 33.2 Å². The van der Waals surface area contributed by atoms with E-state index in [0.29, 0.717) is 28.8 Å². The number of halogens is 1. The molecular formula is C30H30ClN5O2. The van der Waals surface area contributed by atoms with Gasteiger partial charge in [0.25, 0.3) is 5.56 Å². The summed E-state index contributed by atoms with van der Waals surface area (Å²) in [5.41, 5.74) is 5.23. The number of rotatable bonds is 6. The molecule has 0 amide bonds. The number of aliphatic hydroxyl groups is 1. The highest BCUT2D eigenvalue weighted by Gasteiger charge is 2.43. The average Bonchev–Trinajstić information content (AvgIpc) is 3.81. The van der Waals surface area contributed by atoms with Crippen LogP contribution in [0.5, 0.6) is 0 Å². The van der Waals surface area contributed by atoms with E-state index in [1.165, 1.54) is 18.5 Å². The zero-order chi connectivity index (χ0) is 26.8. The van der Waals surface area contributed by atoms with Crippen LogP contribution in [0.4, 0.5) is 0 Å². The predicted molar refractivity (Wildman–Crippen MR) is 147 cm³/mol. The van der Waals surface area contributed by atoms with Gasteiger partial charge in [-0.2, -0.15) is 0 Å². The fourth-order valence-corrected chi connectivity index (χ4v) is 5.42. The largest absolute Gasteiger partial charge is 0.382 e. The van der Waals surface area contributed by atoms with Gasteiger partial charge in [0, 0.05) is 41.3 Å². The molecule has 2 saturated carbocycles. The zero-order valence-electron chi connectivity index (χ0n) is 21.9. The van der Waals surface area contributed by atoms with E-state index < -0.39 is 5.60 Å². The van der Waals surface area contributed by atoms with Crippen LogP contribution in [0.25, 0.3) is 17.1 Å². The maximum atomic E-state index is 13.7. The lowest BCUT2D eigenvalue weighted by molar-refractivity contribution is 0.0688. The molecule has 2 fully saturated rings. The van der Waals surface area contributed by atoms with Gasteiger partial charge in [-0.25, -0.2) is 9.97 Å². The van der Waals surface area contributed by atoms with E-state index in [4.69, 9.17) is 16.6 Å².